The molecular weight excluding hydrogens is 824 g/mol. The van der Waals surface area contributed by atoms with Gasteiger partial charge in [-0.3, -0.25) is 4.79 Å². The summed E-state index contributed by atoms with van der Waals surface area (Å²) in [7, 11) is 1.50. The normalized spacial score (nSPS) is 25.4. The lowest BCUT2D eigenvalue weighted by atomic mass is 10.0. The molecule has 0 saturated carbocycles. The zero-order valence-electron chi connectivity index (χ0n) is 38.2. The minimum atomic E-state index is -0.104. The van der Waals surface area contributed by atoms with Gasteiger partial charge in [0, 0.05) is 13.0 Å². The Labute approximate surface area is 387 Å². The lowest BCUT2D eigenvalue weighted by Crippen LogP contribution is -3.00. The van der Waals surface area contributed by atoms with Crippen LogP contribution in [0.25, 0.3) is 0 Å². The van der Waals surface area contributed by atoms with Gasteiger partial charge in [-0.15, -0.1) is 5.10 Å². The number of carbonyl (C=O) groups excluding carboxylic acids is 1. The Morgan fingerprint density at radius 1 is 0.492 bits per heavy atom. The van der Waals surface area contributed by atoms with Crippen LogP contribution < -0.4 is 49.6 Å². The zero-order chi connectivity index (χ0) is 38.7. The molecule has 13 heteroatoms. The average molecular weight is 914 g/mol. The molecule has 0 radical (unpaired) electrons. The highest BCUT2D eigenvalue weighted by Crippen LogP contribution is 2.33. The maximum Gasteiger partial charge on any atom is 0.305 e. The molecule has 0 amide bonds. The second-order valence-electron chi connectivity index (χ2n) is 19.4. The number of nitrogens with zero attached hydrogens (tertiary/aromatic N) is 7. The van der Waals surface area contributed by atoms with Crippen LogP contribution in [0.4, 0.5) is 0 Å². The van der Waals surface area contributed by atoms with E-state index in [4.69, 9.17) is 15.0 Å². The van der Waals surface area contributed by atoms with E-state index >= 15 is 0 Å². The molecule has 6 fully saturated rings. The van der Waals surface area contributed by atoms with Crippen LogP contribution in [0.15, 0.2) is 0 Å². The maximum atomic E-state index is 11.8. The molecule has 1 aromatic heterocycles. The van der Waals surface area contributed by atoms with Crippen LogP contribution >= 0.6 is 0 Å². The largest absolute Gasteiger partial charge is 1.00 e. The SMILES string of the molecule is CCCCCCCCCCCC[N+]12CC[N+](Cc3nnn(CCCCC(=O)OC)c3C[N+]34CC[N+](CCCCCCCCCCCC)(CC3)CC4)(CC1)CC2.[Cl-].[Cl-].[Cl-].[Cl-]. The number of hydrogen-bond donors (Lipinski definition) is 0. The summed E-state index contributed by atoms with van der Waals surface area (Å²) in [5, 5.41) is 9.88. The van der Waals surface area contributed by atoms with Gasteiger partial charge in [-0.1, -0.05) is 122 Å². The van der Waals surface area contributed by atoms with E-state index in [2.05, 4.69) is 18.5 Å². The van der Waals surface area contributed by atoms with E-state index in [1.54, 1.807) is 0 Å². The second kappa shape index (κ2) is 29.9. The van der Waals surface area contributed by atoms with Crippen LogP contribution in [-0.2, 0) is 29.2 Å². The Balaban J connectivity index is 0.00000435. The van der Waals surface area contributed by atoms with Crippen LogP contribution in [0, 0.1) is 0 Å². The van der Waals surface area contributed by atoms with E-state index in [0.29, 0.717) is 6.42 Å². The molecule has 0 unspecified atom stereocenters. The summed E-state index contributed by atoms with van der Waals surface area (Å²) in [6.45, 7) is 26.4. The van der Waals surface area contributed by atoms with Crippen molar-refractivity contribution in [3.8, 4) is 0 Å². The fourth-order valence-corrected chi connectivity index (χ4v) is 11.0. The van der Waals surface area contributed by atoms with E-state index in [9.17, 15) is 4.79 Å². The zero-order valence-corrected chi connectivity index (χ0v) is 41.3. The molecule has 6 aliphatic rings. The predicted molar refractivity (Wildman–Crippen MR) is 226 cm³/mol. The predicted octanol–water partition coefficient (Wildman–Crippen LogP) is -3.20. The Bertz CT molecular complexity index is 1200. The molecule has 0 aromatic carbocycles. The smallest absolute Gasteiger partial charge is 0.305 e. The van der Waals surface area contributed by atoms with E-state index in [-0.39, 0.29) is 55.6 Å². The van der Waals surface area contributed by atoms with Crippen molar-refractivity contribution in [2.75, 3.05) is 98.7 Å². The summed E-state index contributed by atoms with van der Waals surface area (Å²) in [6.07, 6.45) is 30.8. The molecular formula is C46H89Cl4N7O2. The minimum Gasteiger partial charge on any atom is -1.00 e. The number of fused-ring (bicyclic) bond motifs is 6. The number of quaternary nitrogens is 4. The quantitative estimate of drug-likeness (QED) is 0.0449. The molecule has 59 heavy (non-hydrogen) atoms. The van der Waals surface area contributed by atoms with E-state index in [0.717, 1.165) is 32.5 Å². The van der Waals surface area contributed by atoms with Crippen molar-refractivity contribution in [1.29, 1.82) is 0 Å². The van der Waals surface area contributed by atoms with Crippen LogP contribution in [0.2, 0.25) is 0 Å². The second-order valence-corrected chi connectivity index (χ2v) is 19.4. The van der Waals surface area contributed by atoms with Crippen LogP contribution in [0.1, 0.15) is 173 Å². The Kier molecular flexibility index (Phi) is 28.7. The van der Waals surface area contributed by atoms with Gasteiger partial charge in [0.25, 0.3) is 0 Å². The number of unbranched alkanes of at least 4 members (excludes halogenated alkanes) is 19. The first-order valence-electron chi connectivity index (χ1n) is 24.3. The molecule has 6 saturated heterocycles. The number of aromatic nitrogens is 3. The van der Waals surface area contributed by atoms with E-state index in [1.165, 1.54) is 256 Å². The summed E-state index contributed by atoms with van der Waals surface area (Å²) in [4.78, 5) is 11.8. The molecule has 0 aliphatic carbocycles. The molecule has 4 bridgehead atoms. The molecule has 0 spiro atoms. The lowest BCUT2D eigenvalue weighted by molar-refractivity contribution is -1.09. The summed E-state index contributed by atoms with van der Waals surface area (Å²) in [5.41, 5.74) is 2.71. The Hall–Kier alpha value is -0.390. The average Bonchev–Trinajstić information content (AvgIpc) is 3.58. The summed E-state index contributed by atoms with van der Waals surface area (Å²) >= 11 is 0. The van der Waals surface area contributed by atoms with Crippen molar-refractivity contribution in [3.05, 3.63) is 11.4 Å². The molecule has 1 aromatic rings. The van der Waals surface area contributed by atoms with E-state index < -0.39 is 0 Å². The number of hydrogen-bond acceptors (Lipinski definition) is 4. The van der Waals surface area contributed by atoms with Gasteiger partial charge >= 0.3 is 5.97 Å². The van der Waals surface area contributed by atoms with Gasteiger partial charge in [0.05, 0.1) is 20.2 Å². The van der Waals surface area contributed by atoms with Crippen molar-refractivity contribution < 1.29 is 77.1 Å². The monoisotopic (exact) mass is 912 g/mol. The molecule has 7 rings (SSSR count). The number of aryl methyl sites for hydroxylation is 1. The highest BCUT2D eigenvalue weighted by Gasteiger charge is 2.51. The molecule has 0 atom stereocenters. The van der Waals surface area contributed by atoms with Crippen LogP contribution in [0.3, 0.4) is 0 Å². The molecule has 0 N–H and O–H groups in total. The van der Waals surface area contributed by atoms with Gasteiger partial charge in [-0.25, -0.2) is 4.68 Å². The van der Waals surface area contributed by atoms with Gasteiger partial charge in [0.1, 0.15) is 103 Å². The number of esters is 1. The third kappa shape index (κ3) is 18.0. The van der Waals surface area contributed by atoms with Gasteiger partial charge in [-0.05, 0) is 38.5 Å². The lowest BCUT2D eigenvalue weighted by Gasteiger charge is -2.56. The maximum absolute atomic E-state index is 11.8. The summed E-state index contributed by atoms with van der Waals surface area (Å²) < 4.78 is 12.4. The van der Waals surface area contributed by atoms with Crippen molar-refractivity contribution in [3.63, 3.8) is 0 Å². The fraction of sp³-hybridized carbons (Fsp3) is 0.935. The number of ether oxygens (including phenoxy) is 1. The Morgan fingerprint density at radius 2 is 0.847 bits per heavy atom. The van der Waals surface area contributed by atoms with Gasteiger partial charge in [0.15, 0.2) is 0 Å². The highest BCUT2D eigenvalue weighted by atomic mass is 35.5. The first-order valence-corrected chi connectivity index (χ1v) is 24.3. The van der Waals surface area contributed by atoms with E-state index in [1.807, 2.05) is 0 Å². The summed E-state index contributed by atoms with van der Waals surface area (Å²) in [6, 6.07) is 0. The van der Waals surface area contributed by atoms with Crippen LogP contribution in [-0.4, -0.2) is 138 Å². The first-order chi connectivity index (χ1) is 26.9. The number of halogens is 4. The van der Waals surface area contributed by atoms with Crippen molar-refractivity contribution in [1.82, 2.24) is 15.0 Å². The number of piperazine rings is 6. The topological polar surface area (TPSA) is 57.0 Å². The number of carbonyl (C=O) groups is 1. The summed E-state index contributed by atoms with van der Waals surface area (Å²) in [5.74, 6) is -0.104. The van der Waals surface area contributed by atoms with Gasteiger partial charge in [0.2, 0.25) is 0 Å². The molecule has 9 nitrogen and oxygen atoms in total. The van der Waals surface area contributed by atoms with Gasteiger partial charge in [-0.2, -0.15) is 0 Å². The van der Waals surface area contributed by atoms with Crippen molar-refractivity contribution in [2.24, 2.45) is 0 Å². The van der Waals surface area contributed by atoms with Gasteiger partial charge < -0.3 is 72.3 Å². The molecule has 7 heterocycles. The van der Waals surface area contributed by atoms with Crippen LogP contribution in [0.5, 0.6) is 0 Å². The minimum absolute atomic E-state index is 0. The van der Waals surface area contributed by atoms with Crippen molar-refractivity contribution >= 4 is 5.97 Å². The Morgan fingerprint density at radius 3 is 1.24 bits per heavy atom. The molecule has 348 valence electrons. The number of rotatable bonds is 31. The fourth-order valence-electron chi connectivity index (χ4n) is 11.0. The third-order valence-corrected chi connectivity index (χ3v) is 15.4. The van der Waals surface area contributed by atoms with Crippen molar-refractivity contribution in [2.45, 2.75) is 181 Å². The first kappa shape index (κ1) is 56.6. The standard InChI is InChI=1S/C46H89N7O2.4ClH/c1-4-6-8-10-12-14-16-18-20-24-28-50-30-36-52(37-31-50,38-32-50)42-44-45(49(48-47-44)27-23-22-26-46(54)55-3)43-53-39-33-51(34-40-53,35-41-53)29-25-21-19-17-15-13-11-9-7-5-2;;;;/h4-43H2,1-3H3;4*1H/q+4;;;;/p-4. The molecule has 6 aliphatic heterocycles. The number of methoxy groups -OCH3 is 1. The third-order valence-electron chi connectivity index (χ3n) is 15.4. The highest BCUT2D eigenvalue weighted by molar-refractivity contribution is 5.68.